The zero-order valence-electron chi connectivity index (χ0n) is 11.4. The number of anilines is 1. The minimum absolute atomic E-state index is 0.0414. The number of carboxylic acids is 1. The highest BCUT2D eigenvalue weighted by Crippen LogP contribution is 2.22. The topological polar surface area (TPSA) is 86.7 Å². The third-order valence-corrected chi connectivity index (χ3v) is 5.55. The predicted molar refractivity (Wildman–Crippen MR) is 88.7 cm³/mol. The molecular weight excluding hydrogens is 407 g/mol. The molecule has 0 amide bonds. The van der Waals surface area contributed by atoms with Crippen LogP contribution in [0.4, 0.5) is 5.69 Å². The standard InChI is InChI=1S/C13H17IN2O4S/c14-10-5-6-12(11(9-10)13(17)18)15-21(19,20)16-7-3-1-2-4-8-16/h5-6,9,15H,1-4,7-8H2,(H,17,18). The lowest BCUT2D eigenvalue weighted by Gasteiger charge is -2.21. The van der Waals surface area contributed by atoms with Crippen molar-refractivity contribution in [1.82, 2.24) is 4.31 Å². The van der Waals surface area contributed by atoms with Gasteiger partial charge in [0, 0.05) is 16.7 Å². The largest absolute Gasteiger partial charge is 0.478 e. The number of carbonyl (C=O) groups is 1. The van der Waals surface area contributed by atoms with E-state index in [2.05, 4.69) is 4.72 Å². The first-order chi connectivity index (χ1) is 9.90. The maximum absolute atomic E-state index is 12.4. The van der Waals surface area contributed by atoms with Crippen LogP contribution in [0.3, 0.4) is 0 Å². The minimum atomic E-state index is -3.71. The van der Waals surface area contributed by atoms with Gasteiger partial charge in [-0.3, -0.25) is 4.72 Å². The average molecular weight is 424 g/mol. The first-order valence-corrected chi connectivity index (χ1v) is 9.23. The number of halogens is 1. The molecule has 0 atom stereocenters. The first kappa shape index (κ1) is 16.5. The molecule has 1 aliphatic rings. The molecule has 0 spiro atoms. The van der Waals surface area contributed by atoms with Gasteiger partial charge in [0.25, 0.3) is 0 Å². The number of hydrogen-bond donors (Lipinski definition) is 2. The molecule has 2 rings (SSSR count). The second-order valence-corrected chi connectivity index (χ2v) is 7.83. The smallest absolute Gasteiger partial charge is 0.337 e. The fraction of sp³-hybridized carbons (Fsp3) is 0.462. The molecule has 0 aliphatic carbocycles. The maximum atomic E-state index is 12.4. The van der Waals surface area contributed by atoms with Crippen LogP contribution in [0, 0.1) is 3.57 Å². The van der Waals surface area contributed by atoms with Gasteiger partial charge in [0.05, 0.1) is 11.3 Å². The Morgan fingerprint density at radius 1 is 1.19 bits per heavy atom. The lowest BCUT2D eigenvalue weighted by Crippen LogP contribution is -2.36. The van der Waals surface area contributed by atoms with Gasteiger partial charge < -0.3 is 5.11 Å². The maximum Gasteiger partial charge on any atom is 0.337 e. The molecule has 0 bridgehead atoms. The van der Waals surface area contributed by atoms with Crippen molar-refractivity contribution in [3.8, 4) is 0 Å². The summed E-state index contributed by atoms with van der Waals surface area (Å²) in [6, 6.07) is 4.61. The fourth-order valence-corrected chi connectivity index (χ4v) is 4.08. The van der Waals surface area contributed by atoms with Crippen LogP contribution in [0.1, 0.15) is 36.0 Å². The lowest BCUT2D eigenvalue weighted by atomic mass is 10.2. The Kier molecular flexibility index (Phi) is 5.44. The third kappa shape index (κ3) is 4.30. The van der Waals surface area contributed by atoms with Crippen molar-refractivity contribution in [2.24, 2.45) is 0 Å². The van der Waals surface area contributed by atoms with Gasteiger partial charge in [-0.15, -0.1) is 0 Å². The number of hydrogen-bond acceptors (Lipinski definition) is 3. The molecule has 0 saturated carbocycles. The monoisotopic (exact) mass is 424 g/mol. The number of aromatic carboxylic acids is 1. The number of carboxylic acid groups (broad SMARTS) is 1. The van der Waals surface area contributed by atoms with Crippen molar-refractivity contribution in [3.63, 3.8) is 0 Å². The van der Waals surface area contributed by atoms with E-state index in [4.69, 9.17) is 0 Å². The lowest BCUT2D eigenvalue weighted by molar-refractivity contribution is 0.0698. The molecule has 1 saturated heterocycles. The third-order valence-electron chi connectivity index (χ3n) is 3.36. The summed E-state index contributed by atoms with van der Waals surface area (Å²) in [4.78, 5) is 11.2. The molecule has 0 radical (unpaired) electrons. The second kappa shape index (κ2) is 6.93. The summed E-state index contributed by atoms with van der Waals surface area (Å²) in [5.41, 5.74) is 0.0625. The summed E-state index contributed by atoms with van der Waals surface area (Å²) in [5, 5.41) is 9.19. The van der Waals surface area contributed by atoms with Gasteiger partial charge >= 0.3 is 16.2 Å². The summed E-state index contributed by atoms with van der Waals surface area (Å²) in [6.45, 7) is 0.949. The molecule has 1 heterocycles. The second-order valence-electron chi connectivity index (χ2n) is 4.92. The van der Waals surface area contributed by atoms with Gasteiger partial charge in [-0.2, -0.15) is 12.7 Å². The van der Waals surface area contributed by atoms with Crippen LogP contribution in [0.15, 0.2) is 18.2 Å². The van der Waals surface area contributed by atoms with Crippen LogP contribution in [-0.4, -0.2) is 36.9 Å². The first-order valence-electron chi connectivity index (χ1n) is 6.71. The summed E-state index contributed by atoms with van der Waals surface area (Å²) < 4.78 is 29.3. The minimum Gasteiger partial charge on any atom is -0.478 e. The molecule has 1 aromatic carbocycles. The van der Waals surface area contributed by atoms with Crippen molar-refractivity contribution in [3.05, 3.63) is 27.3 Å². The van der Waals surface area contributed by atoms with Crippen LogP contribution in [0.2, 0.25) is 0 Å². The van der Waals surface area contributed by atoms with E-state index in [1.165, 1.54) is 16.4 Å². The molecule has 2 N–H and O–H groups in total. The quantitative estimate of drug-likeness (QED) is 0.728. The number of nitrogens with zero attached hydrogens (tertiary/aromatic N) is 1. The zero-order chi connectivity index (χ0) is 15.5. The molecule has 21 heavy (non-hydrogen) atoms. The van der Waals surface area contributed by atoms with E-state index in [1.54, 1.807) is 6.07 Å². The molecule has 8 heteroatoms. The highest BCUT2D eigenvalue weighted by molar-refractivity contribution is 14.1. The van der Waals surface area contributed by atoms with Crippen LogP contribution in [0.25, 0.3) is 0 Å². The molecule has 1 aromatic rings. The van der Waals surface area contributed by atoms with Gasteiger partial charge in [-0.1, -0.05) is 12.8 Å². The summed E-state index contributed by atoms with van der Waals surface area (Å²) >= 11 is 1.99. The van der Waals surface area contributed by atoms with Crippen molar-refractivity contribution in [1.29, 1.82) is 0 Å². The van der Waals surface area contributed by atoms with Crippen molar-refractivity contribution in [2.75, 3.05) is 17.8 Å². The van der Waals surface area contributed by atoms with E-state index >= 15 is 0 Å². The van der Waals surface area contributed by atoms with E-state index in [1.807, 2.05) is 22.6 Å². The van der Waals surface area contributed by atoms with Crippen molar-refractivity contribution >= 4 is 44.5 Å². The van der Waals surface area contributed by atoms with E-state index < -0.39 is 16.2 Å². The molecule has 1 aliphatic heterocycles. The van der Waals surface area contributed by atoms with Crippen LogP contribution in [-0.2, 0) is 10.2 Å². The number of nitrogens with one attached hydrogen (secondary N) is 1. The van der Waals surface area contributed by atoms with E-state index in [9.17, 15) is 18.3 Å². The zero-order valence-corrected chi connectivity index (χ0v) is 14.4. The fourth-order valence-electron chi connectivity index (χ4n) is 2.27. The molecule has 6 nitrogen and oxygen atoms in total. The molecule has 116 valence electrons. The summed E-state index contributed by atoms with van der Waals surface area (Å²) in [5.74, 6) is -1.15. The Bertz CT molecular complexity index is 625. The Labute approximate surface area is 137 Å². The highest BCUT2D eigenvalue weighted by atomic mass is 127. The van der Waals surface area contributed by atoms with Crippen LogP contribution in [0.5, 0.6) is 0 Å². The Morgan fingerprint density at radius 2 is 1.81 bits per heavy atom. The van der Waals surface area contributed by atoms with Crippen molar-refractivity contribution < 1.29 is 18.3 Å². The highest BCUT2D eigenvalue weighted by Gasteiger charge is 2.24. The van der Waals surface area contributed by atoms with Crippen LogP contribution >= 0.6 is 22.6 Å². The average Bonchev–Trinajstić information content (AvgIpc) is 2.70. The van der Waals surface area contributed by atoms with Crippen molar-refractivity contribution in [2.45, 2.75) is 25.7 Å². The number of rotatable bonds is 4. The van der Waals surface area contributed by atoms with Crippen LogP contribution < -0.4 is 4.72 Å². The van der Waals surface area contributed by atoms with Gasteiger partial charge in [-0.05, 0) is 53.6 Å². The van der Waals surface area contributed by atoms with E-state index in [-0.39, 0.29) is 11.3 Å². The van der Waals surface area contributed by atoms with E-state index in [0.717, 1.165) is 29.3 Å². The molecular formula is C13H17IN2O4S. The molecule has 0 aromatic heterocycles. The molecule has 1 fully saturated rings. The van der Waals surface area contributed by atoms with E-state index in [0.29, 0.717) is 13.1 Å². The SMILES string of the molecule is O=C(O)c1cc(I)ccc1NS(=O)(=O)N1CCCCCC1. The normalized spacial score (nSPS) is 17.2. The Hall–Kier alpha value is -0.870. The Morgan fingerprint density at radius 3 is 2.38 bits per heavy atom. The number of benzene rings is 1. The van der Waals surface area contributed by atoms with Gasteiger partial charge in [-0.25, -0.2) is 4.79 Å². The Balaban J connectivity index is 2.25. The summed E-state index contributed by atoms with van der Waals surface area (Å²) in [7, 11) is -3.71. The summed E-state index contributed by atoms with van der Waals surface area (Å²) in [6.07, 6.45) is 3.71. The van der Waals surface area contributed by atoms with Gasteiger partial charge in [0.15, 0.2) is 0 Å². The van der Waals surface area contributed by atoms with Gasteiger partial charge in [0.1, 0.15) is 0 Å². The molecule has 0 unspecified atom stereocenters. The van der Waals surface area contributed by atoms with Gasteiger partial charge in [0.2, 0.25) is 0 Å². The predicted octanol–water partition coefficient (Wildman–Crippen LogP) is 2.52.